The van der Waals surface area contributed by atoms with Crippen LogP contribution >= 0.6 is 27.5 Å². The van der Waals surface area contributed by atoms with E-state index in [0.29, 0.717) is 62.9 Å². The summed E-state index contributed by atoms with van der Waals surface area (Å²) in [5.74, 6) is 1.37. The molecule has 6 aromatic rings. The summed E-state index contributed by atoms with van der Waals surface area (Å²) in [4.78, 5) is 24.8. The summed E-state index contributed by atoms with van der Waals surface area (Å²) in [5.41, 5.74) is 18.0. The summed E-state index contributed by atoms with van der Waals surface area (Å²) in [5, 5.41) is 24.2. The minimum atomic E-state index is 0. The van der Waals surface area contributed by atoms with Gasteiger partial charge in [-0.3, -0.25) is 0 Å². The topological polar surface area (TPSA) is 212 Å². The molecule has 0 aliphatic heterocycles. The van der Waals surface area contributed by atoms with Gasteiger partial charge in [0.1, 0.15) is 15.6 Å². The monoisotopic (exact) mass is 728 g/mol. The zero-order valence-corrected chi connectivity index (χ0v) is 28.1. The van der Waals surface area contributed by atoms with Crippen LogP contribution in [0.3, 0.4) is 0 Å². The summed E-state index contributed by atoms with van der Waals surface area (Å²) in [6.07, 6.45) is 6.29. The van der Waals surface area contributed by atoms with E-state index in [4.69, 9.17) is 32.5 Å². The van der Waals surface area contributed by atoms with Gasteiger partial charge in [-0.2, -0.15) is 24.4 Å². The standard InChI is InChI=1S/C14H15BrN6O2.C14H15ClN6O2.CH4/c2*1-7-9(5-21(22)8(2)11(7)23-3)4-20-6-17-10-12(15)18-14(16)19-13(10)20;/h2*5-6H,4H2,1-3H3,(H2,16,18,19);1H4. The fourth-order valence-corrected chi connectivity index (χ4v) is 5.76. The molecule has 16 nitrogen and oxygen atoms in total. The highest BCUT2D eigenvalue weighted by Gasteiger charge is 2.20. The van der Waals surface area contributed by atoms with Crippen molar-refractivity contribution in [3.05, 3.63) is 78.9 Å². The molecule has 6 heterocycles. The molecule has 0 saturated carbocycles. The van der Waals surface area contributed by atoms with Crippen molar-refractivity contribution in [3.8, 4) is 11.5 Å². The van der Waals surface area contributed by atoms with Crippen LogP contribution in [0.1, 0.15) is 41.1 Å². The third-order valence-electron chi connectivity index (χ3n) is 7.48. The number of halogens is 2. The number of rotatable bonds is 6. The van der Waals surface area contributed by atoms with E-state index >= 15 is 0 Å². The van der Waals surface area contributed by atoms with Gasteiger partial charge in [0, 0.05) is 36.1 Å². The minimum absolute atomic E-state index is 0. The number of anilines is 2. The zero-order chi connectivity index (χ0) is 33.4. The average Bonchev–Trinajstić information content (AvgIpc) is 3.60. The highest BCUT2D eigenvalue weighted by atomic mass is 79.9. The Kier molecular flexibility index (Phi) is 10.2. The molecule has 0 aliphatic rings. The molecular weight excluding hydrogens is 696 g/mol. The fraction of sp³-hybridized carbons (Fsp3) is 0.310. The van der Waals surface area contributed by atoms with Crippen LogP contribution in [-0.2, 0) is 13.1 Å². The van der Waals surface area contributed by atoms with Crippen molar-refractivity contribution in [1.29, 1.82) is 0 Å². The SMILES string of the molecule is C.COc1c(C)c(Cn2cnc3c(Br)nc(N)nc32)c[n+]([O-])c1C.COc1c(C)c(Cn2cnc3c(Cl)nc(N)nc32)c[n+]([O-])c1C. The Balaban J connectivity index is 0.000000208. The van der Waals surface area contributed by atoms with Crippen LogP contribution < -0.4 is 30.4 Å². The molecule has 0 spiro atoms. The molecule has 18 heteroatoms. The van der Waals surface area contributed by atoms with Gasteiger partial charge >= 0.3 is 0 Å². The lowest BCUT2D eigenvalue weighted by atomic mass is 10.1. The van der Waals surface area contributed by atoms with Gasteiger partial charge in [-0.25, -0.2) is 15.0 Å². The number of pyridine rings is 2. The molecule has 0 atom stereocenters. The molecule has 0 bridgehead atoms. The number of hydrogen-bond donors (Lipinski definition) is 2. The van der Waals surface area contributed by atoms with Gasteiger partial charge in [-0.1, -0.05) is 19.0 Å². The fourth-order valence-electron chi connectivity index (χ4n) is 5.07. The van der Waals surface area contributed by atoms with Gasteiger partial charge < -0.3 is 40.5 Å². The number of hydrogen-bond acceptors (Lipinski definition) is 12. The van der Waals surface area contributed by atoms with E-state index in [1.165, 1.54) is 6.20 Å². The molecule has 0 radical (unpaired) electrons. The van der Waals surface area contributed by atoms with Crippen LogP contribution in [0.4, 0.5) is 11.9 Å². The molecule has 47 heavy (non-hydrogen) atoms. The minimum Gasteiger partial charge on any atom is -0.618 e. The van der Waals surface area contributed by atoms with Crippen molar-refractivity contribution in [3.63, 3.8) is 0 Å². The van der Waals surface area contributed by atoms with E-state index in [2.05, 4.69) is 45.8 Å². The number of imidazole rings is 2. The van der Waals surface area contributed by atoms with Crippen LogP contribution in [0, 0.1) is 38.1 Å². The summed E-state index contributed by atoms with van der Waals surface area (Å²) in [7, 11) is 3.09. The van der Waals surface area contributed by atoms with Crippen LogP contribution in [0.25, 0.3) is 22.3 Å². The third-order valence-corrected chi connectivity index (χ3v) is 8.29. The third kappa shape index (κ3) is 6.62. The van der Waals surface area contributed by atoms with E-state index in [-0.39, 0.29) is 24.5 Å². The Morgan fingerprint density at radius 3 is 1.66 bits per heavy atom. The second kappa shape index (κ2) is 13.8. The molecule has 0 aromatic carbocycles. The van der Waals surface area contributed by atoms with Crippen LogP contribution in [0.5, 0.6) is 11.5 Å². The van der Waals surface area contributed by atoms with Crippen molar-refractivity contribution in [2.45, 2.75) is 48.2 Å². The molecule has 0 unspecified atom stereocenters. The molecular formula is C29H34BrClN12O4. The van der Waals surface area contributed by atoms with Gasteiger partial charge in [0.2, 0.25) is 23.3 Å². The summed E-state index contributed by atoms with van der Waals surface area (Å²) in [6.45, 7) is 8.05. The van der Waals surface area contributed by atoms with Gasteiger partial charge in [-0.15, -0.1) is 0 Å². The maximum absolute atomic E-state index is 12.0. The molecule has 6 rings (SSSR count). The van der Waals surface area contributed by atoms with E-state index in [9.17, 15) is 10.4 Å². The lowest BCUT2D eigenvalue weighted by molar-refractivity contribution is -0.613. The van der Waals surface area contributed by atoms with Crippen molar-refractivity contribution >= 4 is 61.8 Å². The molecule has 0 fully saturated rings. The van der Waals surface area contributed by atoms with Crippen LogP contribution in [-0.4, -0.2) is 53.3 Å². The molecule has 0 saturated heterocycles. The zero-order valence-electron chi connectivity index (χ0n) is 25.7. The molecule has 0 amide bonds. The van der Waals surface area contributed by atoms with Gasteiger partial charge in [0.15, 0.2) is 40.3 Å². The predicted octanol–water partition coefficient (Wildman–Crippen LogP) is 3.48. The van der Waals surface area contributed by atoms with E-state index < -0.39 is 0 Å². The number of methoxy groups -OCH3 is 2. The normalized spacial score (nSPS) is 10.9. The quantitative estimate of drug-likeness (QED) is 0.143. The molecule has 4 N–H and O–H groups in total. The molecule has 6 aromatic heterocycles. The Hall–Kier alpha value is -5.03. The van der Waals surface area contributed by atoms with Gasteiger partial charge in [-0.05, 0) is 29.8 Å². The predicted molar refractivity (Wildman–Crippen MR) is 180 cm³/mol. The first kappa shape index (κ1) is 34.8. The van der Waals surface area contributed by atoms with E-state index in [1.807, 2.05) is 18.4 Å². The summed E-state index contributed by atoms with van der Waals surface area (Å²) in [6, 6.07) is 0. The highest BCUT2D eigenvalue weighted by molar-refractivity contribution is 9.10. The first-order valence-electron chi connectivity index (χ1n) is 13.6. The highest BCUT2D eigenvalue weighted by Crippen LogP contribution is 2.27. The van der Waals surface area contributed by atoms with Crippen molar-refractivity contribution in [1.82, 2.24) is 39.0 Å². The smallest absolute Gasteiger partial charge is 0.232 e. The van der Waals surface area contributed by atoms with Crippen molar-refractivity contribution in [2.75, 3.05) is 25.7 Å². The average molecular weight is 730 g/mol. The maximum atomic E-state index is 12.0. The van der Waals surface area contributed by atoms with E-state index in [1.54, 1.807) is 51.5 Å². The van der Waals surface area contributed by atoms with Gasteiger partial charge in [0.05, 0.1) is 40.0 Å². The van der Waals surface area contributed by atoms with Gasteiger partial charge in [0.25, 0.3) is 0 Å². The van der Waals surface area contributed by atoms with Crippen LogP contribution in [0.2, 0.25) is 5.15 Å². The first-order chi connectivity index (χ1) is 21.8. The number of fused-ring (bicyclic) bond motifs is 2. The lowest BCUT2D eigenvalue weighted by Gasteiger charge is -2.13. The Labute approximate surface area is 283 Å². The Bertz CT molecular complexity index is 1970. The van der Waals surface area contributed by atoms with Crippen LogP contribution in [0.15, 0.2) is 29.7 Å². The number of nitrogens with two attached hydrogens (primary N) is 2. The number of nitrogens with zero attached hydrogens (tertiary/aromatic N) is 10. The second-order valence-electron chi connectivity index (χ2n) is 10.3. The van der Waals surface area contributed by atoms with Crippen molar-refractivity contribution < 1.29 is 18.9 Å². The maximum Gasteiger partial charge on any atom is 0.232 e. The molecule has 248 valence electrons. The number of nitrogen functional groups attached to an aromatic ring is 2. The largest absolute Gasteiger partial charge is 0.618 e. The summed E-state index contributed by atoms with van der Waals surface area (Å²) >= 11 is 9.35. The Morgan fingerprint density at radius 1 is 0.766 bits per heavy atom. The van der Waals surface area contributed by atoms with Crippen molar-refractivity contribution in [2.24, 2.45) is 0 Å². The summed E-state index contributed by atoms with van der Waals surface area (Å²) < 4.78 is 16.4. The number of ether oxygens (including phenoxy) is 2. The lowest BCUT2D eigenvalue weighted by Crippen LogP contribution is -2.31. The Morgan fingerprint density at radius 2 is 1.19 bits per heavy atom. The molecule has 0 aliphatic carbocycles. The second-order valence-corrected chi connectivity index (χ2v) is 11.4. The number of aromatic nitrogens is 10. The first-order valence-corrected chi connectivity index (χ1v) is 14.8. The van der Waals surface area contributed by atoms with E-state index in [0.717, 1.165) is 31.7 Å².